The number of nitrogens with one attached hydrogen (secondary N) is 3. The van der Waals surface area contributed by atoms with Crippen LogP contribution >= 0.6 is 12.2 Å². The molecule has 0 saturated heterocycles. The zero-order chi connectivity index (χ0) is 29.1. The number of aryl methyl sites for hydroxylation is 1. The fourth-order valence-electron chi connectivity index (χ4n) is 5.00. The van der Waals surface area contributed by atoms with Crippen molar-refractivity contribution in [1.82, 2.24) is 16.0 Å². The molecule has 0 aliphatic heterocycles. The molecule has 0 aromatic heterocycles. The van der Waals surface area contributed by atoms with E-state index in [1.807, 2.05) is 63.2 Å². The van der Waals surface area contributed by atoms with E-state index < -0.39 is 6.04 Å². The Bertz CT molecular complexity index is 1150. The van der Waals surface area contributed by atoms with E-state index in [0.717, 1.165) is 56.1 Å². The van der Waals surface area contributed by atoms with E-state index >= 15 is 0 Å². The first-order valence-electron chi connectivity index (χ1n) is 14.4. The number of thiocarbonyl (C=S) groups is 1. The van der Waals surface area contributed by atoms with Gasteiger partial charge in [0.05, 0.1) is 19.2 Å². The molecule has 3 unspecified atom stereocenters. The molecular formula is C32H46N4O3S. The largest absolute Gasteiger partial charge is 0.507 e. The molecule has 3 atom stereocenters. The lowest BCUT2D eigenvalue weighted by Gasteiger charge is -2.34. The zero-order valence-corrected chi connectivity index (χ0v) is 25.4. The highest BCUT2D eigenvalue weighted by atomic mass is 32.1. The molecule has 218 valence electrons. The summed E-state index contributed by atoms with van der Waals surface area (Å²) < 4.78 is 5.48. The minimum Gasteiger partial charge on any atom is -0.507 e. The molecule has 0 bridgehead atoms. The number of unbranched alkanes of at least 4 members (excludes halogenated alkanes) is 1. The van der Waals surface area contributed by atoms with E-state index in [0.29, 0.717) is 23.0 Å². The average molecular weight is 567 g/mol. The number of ether oxygens (including phenoxy) is 1. The Hall–Kier alpha value is -3.13. The highest BCUT2D eigenvalue weighted by Gasteiger charge is 2.33. The summed E-state index contributed by atoms with van der Waals surface area (Å²) in [7, 11) is 1.64. The monoisotopic (exact) mass is 566 g/mol. The van der Waals surface area contributed by atoms with Gasteiger partial charge in [0, 0.05) is 18.3 Å². The van der Waals surface area contributed by atoms with Crippen molar-refractivity contribution in [3.8, 4) is 11.5 Å². The molecule has 1 fully saturated rings. The number of methoxy groups -OCH3 is 1. The molecule has 0 heterocycles. The molecule has 4 N–H and O–H groups in total. The van der Waals surface area contributed by atoms with Gasteiger partial charge in [-0.2, -0.15) is 0 Å². The van der Waals surface area contributed by atoms with Gasteiger partial charge in [-0.15, -0.1) is 0 Å². The molecule has 7 nitrogen and oxygen atoms in total. The second kappa shape index (κ2) is 15.0. The van der Waals surface area contributed by atoms with Gasteiger partial charge in [-0.25, -0.2) is 0 Å². The van der Waals surface area contributed by atoms with Crippen molar-refractivity contribution in [1.29, 1.82) is 0 Å². The molecule has 0 radical (unpaired) electrons. The van der Waals surface area contributed by atoms with Gasteiger partial charge < -0.3 is 25.8 Å². The molecule has 1 aliphatic carbocycles. The van der Waals surface area contributed by atoms with Crippen LogP contribution in [0.1, 0.15) is 82.9 Å². The summed E-state index contributed by atoms with van der Waals surface area (Å²) in [6.07, 6.45) is 8.62. The quantitative estimate of drug-likeness (QED) is 0.207. The Balaban J connectivity index is 1.68. The second-order valence-electron chi connectivity index (χ2n) is 11.7. The normalized spacial score (nSPS) is 18.2. The van der Waals surface area contributed by atoms with Crippen LogP contribution in [0.3, 0.4) is 0 Å². The summed E-state index contributed by atoms with van der Waals surface area (Å²) in [6.45, 7) is 8.68. The smallest absolute Gasteiger partial charge is 0.243 e. The van der Waals surface area contributed by atoms with Gasteiger partial charge >= 0.3 is 0 Å². The van der Waals surface area contributed by atoms with Crippen LogP contribution in [0, 0.1) is 5.41 Å². The van der Waals surface area contributed by atoms with Gasteiger partial charge in [0.2, 0.25) is 5.91 Å². The number of carbonyl (C=O) groups is 1. The van der Waals surface area contributed by atoms with Gasteiger partial charge in [0.25, 0.3) is 0 Å². The Morgan fingerprint density at radius 1 is 1.20 bits per heavy atom. The molecule has 3 rings (SSSR count). The lowest BCUT2D eigenvalue weighted by molar-refractivity contribution is -0.125. The number of carbonyl (C=O) groups excluding carboxylic acids is 1. The third-order valence-corrected chi connectivity index (χ3v) is 7.63. The molecule has 40 heavy (non-hydrogen) atoms. The van der Waals surface area contributed by atoms with Crippen LogP contribution in [-0.2, 0) is 17.8 Å². The highest BCUT2D eigenvalue weighted by Crippen LogP contribution is 2.30. The van der Waals surface area contributed by atoms with Crippen LogP contribution in [0.2, 0.25) is 0 Å². The van der Waals surface area contributed by atoms with E-state index in [-0.39, 0.29) is 29.2 Å². The summed E-state index contributed by atoms with van der Waals surface area (Å²) in [6, 6.07) is 13.1. The molecule has 1 saturated carbocycles. The standard InChI is InChI=1S/C32H46N4O3S/c1-6-7-15-23-18-25(39-5)19-24(28(23)37)21-33-26-16-11-12-17-27(26)35-31(40)36-29(32(2,3)4)30(38)34-20-22-13-9-8-10-14-22/h8-10,13-14,18-19,21,26-27,29,37H,6-7,11-12,15-17,20H2,1-5H3,(H,34,38)(H2,35,36,40). The van der Waals surface area contributed by atoms with Crippen molar-refractivity contribution in [3.63, 3.8) is 0 Å². The molecular weight excluding hydrogens is 520 g/mol. The fraction of sp³-hybridized carbons (Fsp3) is 0.531. The second-order valence-corrected chi connectivity index (χ2v) is 12.1. The Labute approximate surface area is 245 Å². The van der Waals surface area contributed by atoms with Crippen molar-refractivity contribution in [2.24, 2.45) is 10.4 Å². The molecule has 1 aliphatic rings. The number of rotatable bonds is 11. The molecule has 2 aromatic carbocycles. The van der Waals surface area contributed by atoms with Crippen LogP contribution in [0.15, 0.2) is 47.5 Å². The summed E-state index contributed by atoms with van der Waals surface area (Å²) in [5, 5.41) is 21.1. The predicted molar refractivity (Wildman–Crippen MR) is 167 cm³/mol. The van der Waals surface area contributed by atoms with Gasteiger partial charge in [-0.1, -0.05) is 77.3 Å². The molecule has 0 spiro atoms. The number of phenols is 1. The SMILES string of the molecule is CCCCc1cc(OC)cc(C=NC2CCCCC2NC(=S)NC(C(=O)NCc2ccccc2)C(C)(C)C)c1O. The Morgan fingerprint density at radius 3 is 2.60 bits per heavy atom. The Kier molecular flexibility index (Phi) is 11.8. The number of hydrogen-bond donors (Lipinski definition) is 4. The fourth-order valence-corrected chi connectivity index (χ4v) is 5.27. The molecule has 2 aromatic rings. The summed E-state index contributed by atoms with van der Waals surface area (Å²) >= 11 is 5.71. The van der Waals surface area contributed by atoms with E-state index in [1.165, 1.54) is 0 Å². The van der Waals surface area contributed by atoms with Crippen LogP contribution < -0.4 is 20.7 Å². The first kappa shape index (κ1) is 31.4. The van der Waals surface area contributed by atoms with Gasteiger partial charge in [-0.05, 0) is 66.6 Å². The third kappa shape index (κ3) is 9.22. The minimum atomic E-state index is -0.503. The number of aromatic hydroxyl groups is 1. The number of phenolic OH excluding ortho intramolecular Hbond substituents is 1. The van der Waals surface area contributed by atoms with Gasteiger partial charge in [0.1, 0.15) is 17.5 Å². The van der Waals surface area contributed by atoms with Crippen molar-refractivity contribution < 1.29 is 14.6 Å². The average Bonchev–Trinajstić information content (AvgIpc) is 2.94. The molecule has 8 heteroatoms. The first-order chi connectivity index (χ1) is 19.1. The number of amides is 1. The van der Waals surface area contributed by atoms with Crippen molar-refractivity contribution in [3.05, 3.63) is 59.2 Å². The van der Waals surface area contributed by atoms with Crippen molar-refractivity contribution in [2.75, 3.05) is 7.11 Å². The topological polar surface area (TPSA) is 95.0 Å². The van der Waals surface area contributed by atoms with Crippen LogP contribution in [-0.4, -0.2) is 47.6 Å². The van der Waals surface area contributed by atoms with E-state index in [2.05, 4.69) is 22.9 Å². The van der Waals surface area contributed by atoms with E-state index in [9.17, 15) is 9.90 Å². The first-order valence-corrected chi connectivity index (χ1v) is 14.8. The number of benzene rings is 2. The highest BCUT2D eigenvalue weighted by molar-refractivity contribution is 7.80. The maximum absolute atomic E-state index is 13.2. The minimum absolute atomic E-state index is 0.00168. The van der Waals surface area contributed by atoms with E-state index in [4.69, 9.17) is 21.9 Å². The van der Waals surface area contributed by atoms with E-state index in [1.54, 1.807) is 13.3 Å². The van der Waals surface area contributed by atoms with Crippen LogP contribution in [0.25, 0.3) is 0 Å². The maximum atomic E-state index is 13.2. The van der Waals surface area contributed by atoms with Crippen molar-refractivity contribution in [2.45, 2.75) is 97.3 Å². The maximum Gasteiger partial charge on any atom is 0.243 e. The summed E-state index contributed by atoms with van der Waals surface area (Å²) in [5.74, 6) is 0.893. The molecule has 1 amide bonds. The lowest BCUT2D eigenvalue weighted by Crippen LogP contribution is -2.58. The van der Waals surface area contributed by atoms with Crippen LogP contribution in [0.5, 0.6) is 11.5 Å². The number of hydrogen-bond acceptors (Lipinski definition) is 5. The summed E-state index contributed by atoms with van der Waals surface area (Å²) in [5.41, 5.74) is 2.24. The Morgan fingerprint density at radius 2 is 1.93 bits per heavy atom. The summed E-state index contributed by atoms with van der Waals surface area (Å²) in [4.78, 5) is 18.1. The zero-order valence-electron chi connectivity index (χ0n) is 24.6. The number of nitrogens with zero attached hydrogens (tertiary/aromatic N) is 1. The predicted octanol–water partition coefficient (Wildman–Crippen LogP) is 5.67. The van der Waals surface area contributed by atoms with Crippen molar-refractivity contribution >= 4 is 29.5 Å². The lowest BCUT2D eigenvalue weighted by atomic mass is 9.86. The van der Waals surface area contributed by atoms with Gasteiger partial charge in [-0.3, -0.25) is 9.79 Å². The third-order valence-electron chi connectivity index (χ3n) is 7.39. The van der Waals surface area contributed by atoms with Gasteiger partial charge in [0.15, 0.2) is 5.11 Å². The number of aliphatic imine (C=N–C) groups is 1. The van der Waals surface area contributed by atoms with Crippen LogP contribution in [0.4, 0.5) is 0 Å².